The number of benzene rings is 1. The molecule has 4 nitrogen and oxygen atoms in total. The van der Waals surface area contributed by atoms with Crippen LogP contribution in [0.1, 0.15) is 19.2 Å². The lowest BCUT2D eigenvalue weighted by atomic mass is 10.0. The van der Waals surface area contributed by atoms with Gasteiger partial charge in [0, 0.05) is 13.0 Å². The lowest BCUT2D eigenvalue weighted by Crippen LogP contribution is -2.18. The number of hydrogen-bond acceptors (Lipinski definition) is 3. The molecule has 3 rings (SSSR count). The van der Waals surface area contributed by atoms with Gasteiger partial charge in [-0.1, -0.05) is 19.1 Å². The molecule has 1 aromatic heterocycles. The summed E-state index contributed by atoms with van der Waals surface area (Å²) in [6, 6.07) is 7.89. The molecule has 94 valence electrons. The molecule has 1 atom stereocenters. The minimum atomic E-state index is 0.685. The summed E-state index contributed by atoms with van der Waals surface area (Å²) in [6.45, 7) is 3.23. The summed E-state index contributed by atoms with van der Waals surface area (Å²) in [5.74, 6) is 3.38. The molecule has 0 saturated heterocycles. The molecule has 0 spiro atoms. The van der Waals surface area contributed by atoms with Crippen molar-refractivity contribution in [2.24, 2.45) is 5.92 Å². The van der Waals surface area contributed by atoms with Crippen LogP contribution >= 0.6 is 0 Å². The Balaban J connectivity index is 2.02. The predicted molar refractivity (Wildman–Crippen MR) is 69.5 cm³/mol. The molecular weight excluding hydrogens is 226 g/mol. The van der Waals surface area contributed by atoms with E-state index in [0.717, 1.165) is 35.9 Å². The Morgan fingerprint density at radius 2 is 2.17 bits per heavy atom. The zero-order valence-corrected chi connectivity index (χ0v) is 10.8. The number of hydrogen-bond donors (Lipinski definition) is 0. The molecule has 0 saturated carbocycles. The van der Waals surface area contributed by atoms with Crippen molar-refractivity contribution in [2.75, 3.05) is 7.11 Å². The molecule has 4 heteroatoms. The minimum absolute atomic E-state index is 0.685. The first-order chi connectivity index (χ1) is 8.78. The molecule has 0 radical (unpaired) electrons. The summed E-state index contributed by atoms with van der Waals surface area (Å²) >= 11 is 0. The van der Waals surface area contributed by atoms with Gasteiger partial charge >= 0.3 is 0 Å². The fraction of sp³-hybridized carbons (Fsp3) is 0.429. The monoisotopic (exact) mass is 243 g/mol. The molecule has 0 N–H and O–H groups in total. The minimum Gasteiger partial charge on any atom is -0.496 e. The van der Waals surface area contributed by atoms with E-state index in [1.807, 2.05) is 28.9 Å². The second kappa shape index (κ2) is 4.44. The molecule has 0 fully saturated rings. The largest absolute Gasteiger partial charge is 0.496 e. The van der Waals surface area contributed by atoms with Crippen LogP contribution in [0.3, 0.4) is 0 Å². The smallest absolute Gasteiger partial charge is 0.185 e. The Kier molecular flexibility index (Phi) is 2.78. The summed E-state index contributed by atoms with van der Waals surface area (Å²) < 4.78 is 7.40. The van der Waals surface area contributed by atoms with Gasteiger partial charge in [-0.3, -0.25) is 0 Å². The predicted octanol–water partition coefficient (Wildman–Crippen LogP) is 2.54. The first kappa shape index (κ1) is 11.3. The van der Waals surface area contributed by atoms with Gasteiger partial charge in [-0.15, -0.1) is 0 Å². The van der Waals surface area contributed by atoms with Crippen LogP contribution in [-0.4, -0.2) is 21.9 Å². The normalized spacial score (nSPS) is 18.4. The van der Waals surface area contributed by atoms with E-state index >= 15 is 0 Å². The van der Waals surface area contributed by atoms with Gasteiger partial charge in [-0.2, -0.15) is 5.10 Å². The van der Waals surface area contributed by atoms with Gasteiger partial charge in [0.1, 0.15) is 11.6 Å². The van der Waals surface area contributed by atoms with Crippen molar-refractivity contribution in [1.82, 2.24) is 14.8 Å². The van der Waals surface area contributed by atoms with Crippen molar-refractivity contribution >= 4 is 0 Å². The van der Waals surface area contributed by atoms with E-state index in [1.54, 1.807) is 7.11 Å². The molecule has 18 heavy (non-hydrogen) atoms. The third-order valence-electron chi connectivity index (χ3n) is 3.44. The molecule has 0 bridgehead atoms. The lowest BCUT2D eigenvalue weighted by molar-refractivity contribution is 0.368. The average Bonchev–Trinajstić information content (AvgIpc) is 2.81. The maximum absolute atomic E-state index is 5.36. The van der Waals surface area contributed by atoms with E-state index in [-0.39, 0.29) is 0 Å². The fourth-order valence-corrected chi connectivity index (χ4v) is 2.41. The van der Waals surface area contributed by atoms with Crippen molar-refractivity contribution in [3.05, 3.63) is 30.1 Å². The van der Waals surface area contributed by atoms with Crippen LogP contribution in [0.25, 0.3) is 11.4 Å². The van der Waals surface area contributed by atoms with Crippen LogP contribution in [0.2, 0.25) is 0 Å². The summed E-state index contributed by atoms with van der Waals surface area (Å²) in [5.41, 5.74) is 0.967. The number of fused-ring (bicyclic) bond motifs is 1. The van der Waals surface area contributed by atoms with E-state index in [4.69, 9.17) is 4.74 Å². The van der Waals surface area contributed by atoms with Gasteiger partial charge in [-0.25, -0.2) is 9.67 Å². The second-order valence-corrected chi connectivity index (χ2v) is 4.88. The number of methoxy groups -OCH3 is 1. The quantitative estimate of drug-likeness (QED) is 0.813. The summed E-state index contributed by atoms with van der Waals surface area (Å²) in [4.78, 5) is 4.64. The molecule has 0 amide bonds. The number of para-hydroxylation sites is 1. The Morgan fingerprint density at radius 3 is 3.00 bits per heavy atom. The Bertz CT molecular complexity index is 562. The molecule has 1 unspecified atom stereocenters. The maximum atomic E-state index is 5.36. The highest BCUT2D eigenvalue weighted by atomic mass is 16.5. The van der Waals surface area contributed by atoms with Crippen molar-refractivity contribution in [2.45, 2.75) is 26.3 Å². The van der Waals surface area contributed by atoms with Gasteiger partial charge in [0.15, 0.2) is 5.82 Å². The van der Waals surface area contributed by atoms with Gasteiger partial charge in [-0.05, 0) is 24.5 Å². The summed E-state index contributed by atoms with van der Waals surface area (Å²) in [7, 11) is 1.68. The van der Waals surface area contributed by atoms with Crippen LogP contribution in [0.5, 0.6) is 5.75 Å². The molecule has 2 heterocycles. The van der Waals surface area contributed by atoms with E-state index < -0.39 is 0 Å². The number of aromatic nitrogens is 3. The van der Waals surface area contributed by atoms with Crippen LogP contribution in [0, 0.1) is 5.92 Å². The van der Waals surface area contributed by atoms with E-state index in [1.165, 1.54) is 6.42 Å². The lowest BCUT2D eigenvalue weighted by Gasteiger charge is -2.17. The number of ether oxygens (including phenoxy) is 1. The first-order valence-electron chi connectivity index (χ1n) is 6.35. The summed E-state index contributed by atoms with van der Waals surface area (Å²) in [5, 5.41) is 4.61. The van der Waals surface area contributed by atoms with Crippen LogP contribution in [-0.2, 0) is 13.0 Å². The molecule has 0 aliphatic carbocycles. The van der Waals surface area contributed by atoms with Gasteiger partial charge in [0.05, 0.1) is 12.7 Å². The Labute approximate surface area is 107 Å². The Hall–Kier alpha value is -1.84. The van der Waals surface area contributed by atoms with Crippen molar-refractivity contribution in [3.63, 3.8) is 0 Å². The van der Waals surface area contributed by atoms with Crippen LogP contribution < -0.4 is 4.74 Å². The van der Waals surface area contributed by atoms with Crippen LogP contribution in [0.4, 0.5) is 0 Å². The molecule has 2 aromatic rings. The topological polar surface area (TPSA) is 39.9 Å². The maximum Gasteiger partial charge on any atom is 0.185 e. The number of rotatable bonds is 2. The van der Waals surface area contributed by atoms with Gasteiger partial charge < -0.3 is 4.74 Å². The standard InChI is InChI=1S/C14H17N3O/c1-10-7-8-13-15-14(16-17(13)9-10)11-5-3-4-6-12(11)18-2/h3-6,10H,7-9H2,1-2H3. The van der Waals surface area contributed by atoms with E-state index in [2.05, 4.69) is 17.0 Å². The van der Waals surface area contributed by atoms with Crippen molar-refractivity contribution in [1.29, 1.82) is 0 Å². The van der Waals surface area contributed by atoms with Gasteiger partial charge in [0.2, 0.25) is 0 Å². The van der Waals surface area contributed by atoms with Crippen molar-refractivity contribution in [3.8, 4) is 17.1 Å². The first-order valence-corrected chi connectivity index (χ1v) is 6.35. The molecule has 1 aliphatic heterocycles. The highest BCUT2D eigenvalue weighted by Gasteiger charge is 2.20. The zero-order valence-electron chi connectivity index (χ0n) is 10.8. The Morgan fingerprint density at radius 1 is 1.33 bits per heavy atom. The molecule has 1 aromatic carbocycles. The average molecular weight is 243 g/mol. The van der Waals surface area contributed by atoms with Crippen LogP contribution in [0.15, 0.2) is 24.3 Å². The highest BCUT2D eigenvalue weighted by Crippen LogP contribution is 2.28. The third-order valence-corrected chi connectivity index (χ3v) is 3.44. The summed E-state index contributed by atoms with van der Waals surface area (Å²) in [6.07, 6.45) is 2.22. The van der Waals surface area contributed by atoms with Crippen molar-refractivity contribution < 1.29 is 4.74 Å². The molecule has 1 aliphatic rings. The SMILES string of the molecule is COc1ccccc1-c1nc2n(n1)CC(C)CC2. The third kappa shape index (κ3) is 1.88. The fourth-order valence-electron chi connectivity index (χ4n) is 2.41. The number of aryl methyl sites for hydroxylation is 1. The number of nitrogens with zero attached hydrogens (tertiary/aromatic N) is 3. The van der Waals surface area contributed by atoms with Gasteiger partial charge in [0.25, 0.3) is 0 Å². The van der Waals surface area contributed by atoms with E-state index in [9.17, 15) is 0 Å². The zero-order chi connectivity index (χ0) is 12.5. The molecular formula is C14H17N3O. The second-order valence-electron chi connectivity index (χ2n) is 4.88. The van der Waals surface area contributed by atoms with E-state index in [0.29, 0.717) is 5.92 Å². The highest BCUT2D eigenvalue weighted by molar-refractivity contribution is 5.63.